The molecule has 88 valence electrons. The number of hydrogen-bond donors (Lipinski definition) is 2. The fourth-order valence-corrected chi connectivity index (χ4v) is 1.90. The van der Waals surface area contributed by atoms with Crippen LogP contribution in [0.2, 0.25) is 0 Å². The van der Waals surface area contributed by atoms with E-state index in [9.17, 15) is 0 Å². The van der Waals surface area contributed by atoms with Gasteiger partial charge in [0.25, 0.3) is 0 Å². The van der Waals surface area contributed by atoms with Crippen molar-refractivity contribution in [3.05, 3.63) is 23.8 Å². The van der Waals surface area contributed by atoms with Gasteiger partial charge in [0.2, 0.25) is 0 Å². The number of nitrogens with one attached hydrogen (secondary N) is 1. The Morgan fingerprint density at radius 3 is 2.44 bits per heavy atom. The molecule has 1 atom stereocenters. The summed E-state index contributed by atoms with van der Waals surface area (Å²) >= 11 is 0. The van der Waals surface area contributed by atoms with Crippen molar-refractivity contribution in [3.63, 3.8) is 0 Å². The van der Waals surface area contributed by atoms with E-state index in [4.69, 9.17) is 15.2 Å². The van der Waals surface area contributed by atoms with Crippen molar-refractivity contribution in [3.8, 4) is 11.5 Å². The molecule has 0 bridgehead atoms. The third-order valence-electron chi connectivity index (χ3n) is 3.11. The Bertz CT molecular complexity index is 364. The minimum atomic E-state index is 0.0704. The largest absolute Gasteiger partial charge is 0.493 e. The second kappa shape index (κ2) is 4.72. The zero-order valence-electron chi connectivity index (χ0n) is 9.69. The molecule has 1 saturated heterocycles. The minimum Gasteiger partial charge on any atom is -0.493 e. The van der Waals surface area contributed by atoms with Gasteiger partial charge in [0, 0.05) is 25.0 Å². The van der Waals surface area contributed by atoms with Crippen LogP contribution in [0.25, 0.3) is 0 Å². The van der Waals surface area contributed by atoms with Gasteiger partial charge in [-0.15, -0.1) is 0 Å². The van der Waals surface area contributed by atoms with Gasteiger partial charge < -0.3 is 20.5 Å². The SMILES string of the molecule is COc1ccc(C(N)C2CNC2)cc1OC. The molecular formula is C12H18N2O2. The molecule has 0 amide bonds. The first-order valence-electron chi connectivity index (χ1n) is 5.44. The molecule has 16 heavy (non-hydrogen) atoms. The molecule has 0 aromatic heterocycles. The summed E-state index contributed by atoms with van der Waals surface area (Å²) in [4.78, 5) is 0. The molecule has 0 radical (unpaired) electrons. The lowest BCUT2D eigenvalue weighted by atomic mass is 9.89. The molecule has 2 rings (SSSR count). The lowest BCUT2D eigenvalue weighted by molar-refractivity contribution is 0.293. The molecule has 1 unspecified atom stereocenters. The molecule has 1 aliphatic heterocycles. The number of ether oxygens (including phenoxy) is 2. The first kappa shape index (κ1) is 11.2. The number of methoxy groups -OCH3 is 2. The van der Waals surface area contributed by atoms with Crippen LogP contribution in [0.5, 0.6) is 11.5 Å². The summed E-state index contributed by atoms with van der Waals surface area (Å²) in [6.07, 6.45) is 0. The molecule has 1 heterocycles. The van der Waals surface area contributed by atoms with Crippen LogP contribution in [0.15, 0.2) is 18.2 Å². The topological polar surface area (TPSA) is 56.5 Å². The Labute approximate surface area is 95.7 Å². The van der Waals surface area contributed by atoms with Gasteiger partial charge in [-0.1, -0.05) is 6.07 Å². The number of nitrogens with two attached hydrogens (primary N) is 1. The smallest absolute Gasteiger partial charge is 0.161 e. The standard InChI is InChI=1S/C12H18N2O2/c1-15-10-4-3-8(5-11(10)16-2)12(13)9-6-14-7-9/h3-5,9,12,14H,6-7,13H2,1-2H3. The number of benzene rings is 1. The summed E-state index contributed by atoms with van der Waals surface area (Å²) in [5.74, 6) is 2.01. The van der Waals surface area contributed by atoms with Crippen molar-refractivity contribution in [1.29, 1.82) is 0 Å². The Morgan fingerprint density at radius 1 is 1.25 bits per heavy atom. The van der Waals surface area contributed by atoms with Gasteiger partial charge in [-0.25, -0.2) is 0 Å². The molecule has 3 N–H and O–H groups in total. The highest BCUT2D eigenvalue weighted by atomic mass is 16.5. The van der Waals surface area contributed by atoms with Crippen molar-refractivity contribution >= 4 is 0 Å². The monoisotopic (exact) mass is 222 g/mol. The van der Waals surface area contributed by atoms with Crippen LogP contribution in [0.1, 0.15) is 11.6 Å². The van der Waals surface area contributed by atoms with Crippen LogP contribution in [0.4, 0.5) is 0 Å². The van der Waals surface area contributed by atoms with E-state index >= 15 is 0 Å². The van der Waals surface area contributed by atoms with Crippen LogP contribution in [0.3, 0.4) is 0 Å². The van der Waals surface area contributed by atoms with Gasteiger partial charge in [0.1, 0.15) is 0 Å². The third-order valence-corrected chi connectivity index (χ3v) is 3.11. The second-order valence-electron chi connectivity index (χ2n) is 4.06. The molecule has 0 saturated carbocycles. The molecular weight excluding hydrogens is 204 g/mol. The highest BCUT2D eigenvalue weighted by Crippen LogP contribution is 2.32. The van der Waals surface area contributed by atoms with E-state index in [2.05, 4.69) is 5.32 Å². The predicted octanol–water partition coefficient (Wildman–Crippen LogP) is 0.923. The van der Waals surface area contributed by atoms with E-state index in [0.29, 0.717) is 5.92 Å². The van der Waals surface area contributed by atoms with Crippen molar-refractivity contribution in [2.75, 3.05) is 27.3 Å². The quantitative estimate of drug-likeness (QED) is 0.795. The number of hydrogen-bond acceptors (Lipinski definition) is 4. The normalized spacial score (nSPS) is 17.7. The molecule has 0 aliphatic carbocycles. The van der Waals surface area contributed by atoms with Crippen LogP contribution in [0, 0.1) is 5.92 Å². The maximum atomic E-state index is 6.18. The average Bonchev–Trinajstić information content (AvgIpc) is 2.25. The van der Waals surface area contributed by atoms with Crippen molar-refractivity contribution in [2.24, 2.45) is 11.7 Å². The number of rotatable bonds is 4. The summed E-state index contributed by atoms with van der Waals surface area (Å²) in [5, 5.41) is 3.23. The zero-order chi connectivity index (χ0) is 11.5. The molecule has 4 nitrogen and oxygen atoms in total. The predicted molar refractivity (Wildman–Crippen MR) is 62.8 cm³/mol. The maximum Gasteiger partial charge on any atom is 0.161 e. The first-order chi connectivity index (χ1) is 7.76. The van der Waals surface area contributed by atoms with E-state index in [-0.39, 0.29) is 6.04 Å². The summed E-state index contributed by atoms with van der Waals surface area (Å²) in [5.41, 5.74) is 7.28. The van der Waals surface area contributed by atoms with Crippen LogP contribution in [-0.4, -0.2) is 27.3 Å². The highest BCUT2D eigenvalue weighted by Gasteiger charge is 2.25. The van der Waals surface area contributed by atoms with E-state index in [1.54, 1.807) is 14.2 Å². The van der Waals surface area contributed by atoms with E-state index in [1.807, 2.05) is 18.2 Å². The van der Waals surface area contributed by atoms with E-state index in [0.717, 1.165) is 30.2 Å². The van der Waals surface area contributed by atoms with Gasteiger partial charge in [-0.3, -0.25) is 0 Å². The van der Waals surface area contributed by atoms with Crippen LogP contribution < -0.4 is 20.5 Å². The molecule has 1 fully saturated rings. The highest BCUT2D eigenvalue weighted by molar-refractivity contribution is 5.44. The lowest BCUT2D eigenvalue weighted by Gasteiger charge is -2.32. The fraction of sp³-hybridized carbons (Fsp3) is 0.500. The first-order valence-corrected chi connectivity index (χ1v) is 5.44. The second-order valence-corrected chi connectivity index (χ2v) is 4.06. The summed E-state index contributed by atoms with van der Waals surface area (Å²) in [6.45, 7) is 1.99. The molecule has 4 heteroatoms. The average molecular weight is 222 g/mol. The van der Waals surface area contributed by atoms with Crippen LogP contribution in [-0.2, 0) is 0 Å². The summed E-state index contributed by atoms with van der Waals surface area (Å²) in [7, 11) is 3.27. The summed E-state index contributed by atoms with van der Waals surface area (Å²) < 4.78 is 10.5. The Morgan fingerprint density at radius 2 is 1.94 bits per heavy atom. The molecule has 0 spiro atoms. The van der Waals surface area contributed by atoms with Crippen molar-refractivity contribution in [1.82, 2.24) is 5.32 Å². The van der Waals surface area contributed by atoms with Gasteiger partial charge in [0.05, 0.1) is 14.2 Å². The Balaban J connectivity index is 2.20. The van der Waals surface area contributed by atoms with Gasteiger partial charge in [-0.2, -0.15) is 0 Å². The van der Waals surface area contributed by atoms with Crippen molar-refractivity contribution in [2.45, 2.75) is 6.04 Å². The minimum absolute atomic E-state index is 0.0704. The van der Waals surface area contributed by atoms with E-state index < -0.39 is 0 Å². The lowest BCUT2D eigenvalue weighted by Crippen LogP contribution is -2.47. The van der Waals surface area contributed by atoms with Gasteiger partial charge >= 0.3 is 0 Å². The molecule has 1 aromatic carbocycles. The van der Waals surface area contributed by atoms with Crippen LogP contribution >= 0.6 is 0 Å². The molecule has 1 aromatic rings. The van der Waals surface area contributed by atoms with Gasteiger partial charge in [0.15, 0.2) is 11.5 Å². The zero-order valence-corrected chi connectivity index (χ0v) is 9.69. The third kappa shape index (κ3) is 1.99. The fourth-order valence-electron chi connectivity index (χ4n) is 1.90. The Hall–Kier alpha value is -1.26. The van der Waals surface area contributed by atoms with Gasteiger partial charge in [-0.05, 0) is 17.7 Å². The summed E-state index contributed by atoms with van der Waals surface area (Å²) in [6, 6.07) is 5.94. The Kier molecular flexibility index (Phi) is 3.31. The van der Waals surface area contributed by atoms with Crippen molar-refractivity contribution < 1.29 is 9.47 Å². The van der Waals surface area contributed by atoms with E-state index in [1.165, 1.54) is 0 Å². The molecule has 1 aliphatic rings. The maximum absolute atomic E-state index is 6.18.